The van der Waals surface area contributed by atoms with Crippen molar-refractivity contribution >= 4 is 5.84 Å². The molecule has 0 aromatic rings. The van der Waals surface area contributed by atoms with Gasteiger partial charge >= 0.3 is 0 Å². The van der Waals surface area contributed by atoms with E-state index in [1.54, 1.807) is 0 Å². The van der Waals surface area contributed by atoms with Gasteiger partial charge in [-0.05, 0) is 19.4 Å². The lowest BCUT2D eigenvalue weighted by Gasteiger charge is -2.34. The van der Waals surface area contributed by atoms with Gasteiger partial charge in [0.2, 0.25) is 0 Å². The second-order valence-electron chi connectivity index (χ2n) is 5.88. The normalized spacial score (nSPS) is 19.8. The molecule has 0 aromatic heterocycles. The summed E-state index contributed by atoms with van der Waals surface area (Å²) in [6.45, 7) is 10.3. The number of hydrogen-bond donors (Lipinski definition) is 3. The van der Waals surface area contributed by atoms with Gasteiger partial charge in [0.25, 0.3) is 0 Å². The van der Waals surface area contributed by atoms with Crippen LogP contribution in [0.1, 0.15) is 26.7 Å². The third-order valence-corrected chi connectivity index (χ3v) is 3.96. The maximum absolute atomic E-state index is 8.89. The van der Waals surface area contributed by atoms with Crippen LogP contribution in [0, 0.1) is 5.41 Å². The number of aliphatic hydroxyl groups is 1. The lowest BCUT2D eigenvalue weighted by molar-refractivity contribution is 0.110. The molecule has 19 heavy (non-hydrogen) atoms. The second kappa shape index (κ2) is 7.67. The molecule has 0 radical (unpaired) electrons. The Morgan fingerprint density at radius 2 is 1.68 bits per heavy atom. The van der Waals surface area contributed by atoms with E-state index in [0.717, 1.165) is 52.1 Å². The summed E-state index contributed by atoms with van der Waals surface area (Å²) in [5.41, 5.74) is 5.43. The van der Waals surface area contributed by atoms with Crippen molar-refractivity contribution in [3.8, 4) is 0 Å². The number of piperazine rings is 1. The number of hydrogen-bond acceptors (Lipinski definition) is 5. The minimum atomic E-state index is -0.243. The van der Waals surface area contributed by atoms with Gasteiger partial charge in [0.15, 0.2) is 0 Å². The molecular weight excluding hydrogens is 244 g/mol. The molecule has 1 saturated heterocycles. The Hall–Kier alpha value is -0.850. The lowest BCUT2D eigenvalue weighted by atomic mass is 9.86. The minimum Gasteiger partial charge on any atom is -0.409 e. The van der Waals surface area contributed by atoms with Gasteiger partial charge in [-0.3, -0.25) is 4.90 Å². The number of amidine groups is 1. The molecule has 1 fully saturated rings. The van der Waals surface area contributed by atoms with Crippen LogP contribution in [0.5, 0.6) is 0 Å². The molecule has 0 saturated carbocycles. The van der Waals surface area contributed by atoms with Crippen LogP contribution >= 0.6 is 0 Å². The summed E-state index contributed by atoms with van der Waals surface area (Å²) in [5.74, 6) is 0.306. The third-order valence-electron chi connectivity index (χ3n) is 3.96. The molecule has 6 nitrogen and oxygen atoms in total. The van der Waals surface area contributed by atoms with Crippen molar-refractivity contribution < 1.29 is 10.3 Å². The Bertz CT molecular complexity index is 286. The standard InChI is InChI=1S/C13H28N4O2/c1-13(2,12(14)15-19)4-3-5-16-6-8-17(9-7-16)10-11-18/h18-19H,3-11H2,1-2H3,(H2,14,15). The number of nitrogens with zero attached hydrogens (tertiary/aromatic N) is 3. The molecule has 1 heterocycles. The van der Waals surface area contributed by atoms with Gasteiger partial charge in [-0.2, -0.15) is 0 Å². The topological polar surface area (TPSA) is 85.3 Å². The number of oxime groups is 1. The maximum Gasteiger partial charge on any atom is 0.144 e. The van der Waals surface area contributed by atoms with E-state index in [0.29, 0.717) is 5.84 Å². The van der Waals surface area contributed by atoms with Crippen molar-refractivity contribution in [1.82, 2.24) is 9.80 Å². The van der Waals surface area contributed by atoms with Crippen LogP contribution in [0.25, 0.3) is 0 Å². The Balaban J connectivity index is 2.21. The van der Waals surface area contributed by atoms with Crippen LogP contribution in [0.2, 0.25) is 0 Å². The van der Waals surface area contributed by atoms with Gasteiger partial charge in [-0.25, -0.2) is 0 Å². The molecule has 0 amide bonds. The number of nitrogens with two attached hydrogens (primary N) is 1. The highest BCUT2D eigenvalue weighted by Gasteiger charge is 2.24. The number of aliphatic hydroxyl groups excluding tert-OH is 1. The van der Waals surface area contributed by atoms with E-state index in [9.17, 15) is 0 Å². The molecule has 1 aliphatic rings. The Labute approximate surface area is 115 Å². The molecule has 0 unspecified atom stereocenters. The van der Waals surface area contributed by atoms with E-state index in [2.05, 4.69) is 15.0 Å². The number of rotatable bonds is 7. The van der Waals surface area contributed by atoms with E-state index in [1.807, 2.05) is 13.8 Å². The summed E-state index contributed by atoms with van der Waals surface area (Å²) >= 11 is 0. The van der Waals surface area contributed by atoms with E-state index in [1.165, 1.54) is 0 Å². The fraction of sp³-hybridized carbons (Fsp3) is 0.923. The van der Waals surface area contributed by atoms with Crippen molar-refractivity contribution in [2.24, 2.45) is 16.3 Å². The van der Waals surface area contributed by atoms with E-state index >= 15 is 0 Å². The molecule has 4 N–H and O–H groups in total. The predicted octanol–water partition coefficient (Wildman–Crippen LogP) is 0.149. The average Bonchev–Trinajstić information content (AvgIpc) is 2.40. The smallest absolute Gasteiger partial charge is 0.144 e. The van der Waals surface area contributed by atoms with Crippen LogP contribution in [0.4, 0.5) is 0 Å². The fourth-order valence-electron chi connectivity index (χ4n) is 2.39. The molecule has 1 aliphatic heterocycles. The summed E-state index contributed by atoms with van der Waals surface area (Å²) in [7, 11) is 0. The molecule has 0 atom stereocenters. The molecule has 6 heteroatoms. The average molecular weight is 272 g/mol. The third kappa shape index (κ3) is 5.34. The molecule has 112 valence electrons. The SMILES string of the molecule is CC(C)(CCCN1CCN(CCO)CC1)C(N)=NO. The predicted molar refractivity (Wildman–Crippen MR) is 76.4 cm³/mol. The Kier molecular flexibility index (Phi) is 6.54. The summed E-state index contributed by atoms with van der Waals surface area (Å²) in [5, 5.41) is 20.7. The largest absolute Gasteiger partial charge is 0.409 e. The lowest BCUT2D eigenvalue weighted by Crippen LogP contribution is -2.47. The summed E-state index contributed by atoms with van der Waals surface area (Å²) in [6, 6.07) is 0. The first-order valence-corrected chi connectivity index (χ1v) is 7.03. The van der Waals surface area contributed by atoms with Gasteiger partial charge in [0.1, 0.15) is 5.84 Å². The molecule has 0 aromatic carbocycles. The van der Waals surface area contributed by atoms with Crippen LogP contribution < -0.4 is 5.73 Å². The van der Waals surface area contributed by atoms with Crippen LogP contribution in [0.3, 0.4) is 0 Å². The van der Waals surface area contributed by atoms with Crippen LogP contribution in [-0.2, 0) is 0 Å². The van der Waals surface area contributed by atoms with Crippen molar-refractivity contribution in [1.29, 1.82) is 0 Å². The van der Waals surface area contributed by atoms with Gasteiger partial charge in [-0.15, -0.1) is 0 Å². The first-order valence-electron chi connectivity index (χ1n) is 7.03. The summed E-state index contributed by atoms with van der Waals surface area (Å²) in [6.07, 6.45) is 1.96. The number of β-amino-alcohol motifs (C(OH)–C–C–N with tert-alkyl or cyclic N) is 1. The summed E-state index contributed by atoms with van der Waals surface area (Å²) in [4.78, 5) is 4.73. The van der Waals surface area contributed by atoms with E-state index in [-0.39, 0.29) is 12.0 Å². The van der Waals surface area contributed by atoms with Crippen molar-refractivity contribution in [3.63, 3.8) is 0 Å². The molecule has 1 rings (SSSR count). The second-order valence-corrected chi connectivity index (χ2v) is 5.88. The zero-order valence-corrected chi connectivity index (χ0v) is 12.2. The zero-order valence-electron chi connectivity index (χ0n) is 12.2. The fourth-order valence-corrected chi connectivity index (χ4v) is 2.39. The van der Waals surface area contributed by atoms with Crippen molar-refractivity contribution in [2.45, 2.75) is 26.7 Å². The highest BCUT2D eigenvalue weighted by Crippen LogP contribution is 2.22. The summed E-state index contributed by atoms with van der Waals surface area (Å²) < 4.78 is 0. The highest BCUT2D eigenvalue weighted by molar-refractivity contribution is 5.85. The van der Waals surface area contributed by atoms with Gasteiger partial charge in [0.05, 0.1) is 6.61 Å². The minimum absolute atomic E-state index is 0.243. The van der Waals surface area contributed by atoms with Crippen molar-refractivity contribution in [2.75, 3.05) is 45.9 Å². The monoisotopic (exact) mass is 272 g/mol. The van der Waals surface area contributed by atoms with Gasteiger partial charge < -0.3 is 20.9 Å². The molecule has 0 spiro atoms. The molecule has 0 aliphatic carbocycles. The Morgan fingerprint density at radius 1 is 1.16 bits per heavy atom. The van der Waals surface area contributed by atoms with Gasteiger partial charge in [0, 0.05) is 38.1 Å². The first-order chi connectivity index (χ1) is 8.99. The van der Waals surface area contributed by atoms with Crippen LogP contribution in [0.15, 0.2) is 5.16 Å². The van der Waals surface area contributed by atoms with E-state index in [4.69, 9.17) is 16.0 Å². The van der Waals surface area contributed by atoms with Gasteiger partial charge in [-0.1, -0.05) is 19.0 Å². The molecular formula is C13H28N4O2. The highest BCUT2D eigenvalue weighted by atomic mass is 16.4. The molecule has 0 bridgehead atoms. The van der Waals surface area contributed by atoms with E-state index < -0.39 is 0 Å². The zero-order chi connectivity index (χ0) is 14.3. The first kappa shape index (κ1) is 16.2. The quantitative estimate of drug-likeness (QED) is 0.266. The Morgan fingerprint density at radius 3 is 2.16 bits per heavy atom. The van der Waals surface area contributed by atoms with Crippen LogP contribution in [-0.4, -0.2) is 71.8 Å². The maximum atomic E-state index is 8.89. The van der Waals surface area contributed by atoms with Crippen molar-refractivity contribution in [3.05, 3.63) is 0 Å².